The van der Waals surface area contributed by atoms with Crippen molar-refractivity contribution in [3.05, 3.63) is 35.4 Å². The van der Waals surface area contributed by atoms with E-state index in [0.717, 1.165) is 43.5 Å². The number of hydrogen-bond acceptors (Lipinski definition) is 4. The van der Waals surface area contributed by atoms with Gasteiger partial charge in [-0.25, -0.2) is 0 Å². The van der Waals surface area contributed by atoms with Crippen LogP contribution in [0.15, 0.2) is 24.3 Å². The van der Waals surface area contributed by atoms with Crippen LogP contribution in [0.1, 0.15) is 57.6 Å². The van der Waals surface area contributed by atoms with Gasteiger partial charge in [-0.3, -0.25) is 9.69 Å². The van der Waals surface area contributed by atoms with Gasteiger partial charge in [-0.2, -0.15) is 13.2 Å². The molecule has 29 heavy (non-hydrogen) atoms. The quantitative estimate of drug-likeness (QED) is 0.386. The standard InChI is InChI=1S/C22H30F3NO2S/c1-4-21(2,3)19(27)15-26-13-5-8-18(26)20(29)28-14-6-7-16-9-11-17(12-10-16)22(23,24)25/h9-12,18H,4-8,13-15H2,1-3H3. The highest BCUT2D eigenvalue weighted by atomic mass is 32.1. The molecular weight excluding hydrogens is 399 g/mol. The molecule has 162 valence electrons. The van der Waals surface area contributed by atoms with E-state index in [4.69, 9.17) is 17.0 Å². The third-order valence-electron chi connectivity index (χ3n) is 5.76. The van der Waals surface area contributed by atoms with E-state index < -0.39 is 11.7 Å². The highest BCUT2D eigenvalue weighted by Crippen LogP contribution is 2.29. The lowest BCUT2D eigenvalue weighted by atomic mass is 9.85. The highest BCUT2D eigenvalue weighted by Gasteiger charge is 2.34. The zero-order chi connectivity index (χ0) is 21.7. The third kappa shape index (κ3) is 6.78. The van der Waals surface area contributed by atoms with Crippen molar-refractivity contribution >= 4 is 23.1 Å². The molecule has 0 aliphatic carbocycles. The molecule has 0 N–H and O–H groups in total. The molecule has 1 aromatic rings. The zero-order valence-corrected chi connectivity index (χ0v) is 18.2. The summed E-state index contributed by atoms with van der Waals surface area (Å²) in [4.78, 5) is 14.6. The fourth-order valence-electron chi connectivity index (χ4n) is 3.28. The SMILES string of the molecule is CCC(C)(C)C(=O)CN1CCCC1C(=S)OCCCc1ccc(C(F)(F)F)cc1. The number of rotatable bonds is 9. The number of hydrogen-bond donors (Lipinski definition) is 0. The van der Waals surface area contributed by atoms with Crippen molar-refractivity contribution in [2.24, 2.45) is 5.41 Å². The first-order valence-electron chi connectivity index (χ1n) is 10.1. The monoisotopic (exact) mass is 429 g/mol. The number of halogens is 3. The molecule has 1 aliphatic heterocycles. The summed E-state index contributed by atoms with van der Waals surface area (Å²) in [7, 11) is 0. The molecule has 1 aromatic carbocycles. The van der Waals surface area contributed by atoms with Crippen LogP contribution in [0.3, 0.4) is 0 Å². The van der Waals surface area contributed by atoms with E-state index in [1.807, 2.05) is 20.8 Å². The van der Waals surface area contributed by atoms with Gasteiger partial charge in [-0.05, 0) is 68.6 Å². The van der Waals surface area contributed by atoms with Gasteiger partial charge in [0, 0.05) is 5.41 Å². The van der Waals surface area contributed by atoms with Crippen molar-refractivity contribution in [1.29, 1.82) is 0 Å². The maximum absolute atomic E-state index is 12.6. The second kappa shape index (κ2) is 10.0. The van der Waals surface area contributed by atoms with Crippen molar-refractivity contribution in [2.75, 3.05) is 19.7 Å². The van der Waals surface area contributed by atoms with Crippen LogP contribution in [0.2, 0.25) is 0 Å². The van der Waals surface area contributed by atoms with Gasteiger partial charge in [0.15, 0.2) is 10.8 Å². The van der Waals surface area contributed by atoms with E-state index in [2.05, 4.69) is 4.90 Å². The van der Waals surface area contributed by atoms with Crippen LogP contribution in [0, 0.1) is 5.41 Å². The number of alkyl halides is 3. The first kappa shape index (κ1) is 23.8. The summed E-state index contributed by atoms with van der Waals surface area (Å²) in [5, 5.41) is 0.511. The average molecular weight is 430 g/mol. The summed E-state index contributed by atoms with van der Waals surface area (Å²) < 4.78 is 43.5. The number of nitrogens with zero attached hydrogens (tertiary/aromatic N) is 1. The minimum absolute atomic E-state index is 0.0207. The Morgan fingerprint density at radius 2 is 1.90 bits per heavy atom. The molecule has 0 spiro atoms. The first-order chi connectivity index (χ1) is 13.5. The van der Waals surface area contributed by atoms with E-state index in [-0.39, 0.29) is 17.2 Å². The Balaban J connectivity index is 1.77. The van der Waals surface area contributed by atoms with Crippen molar-refractivity contribution in [1.82, 2.24) is 4.90 Å². The van der Waals surface area contributed by atoms with E-state index in [0.29, 0.717) is 31.0 Å². The van der Waals surface area contributed by atoms with Gasteiger partial charge in [-0.15, -0.1) is 0 Å². The third-order valence-corrected chi connectivity index (χ3v) is 6.15. The Morgan fingerprint density at radius 1 is 1.24 bits per heavy atom. The van der Waals surface area contributed by atoms with E-state index in [1.165, 1.54) is 12.1 Å². The summed E-state index contributed by atoms with van der Waals surface area (Å²) in [5.74, 6) is 0.219. The Bertz CT molecular complexity index is 701. The average Bonchev–Trinajstić information content (AvgIpc) is 3.13. The molecule has 1 unspecified atom stereocenters. The van der Waals surface area contributed by atoms with Gasteiger partial charge < -0.3 is 4.74 Å². The molecular formula is C22H30F3NO2S. The fourth-order valence-corrected chi connectivity index (χ4v) is 3.63. The maximum Gasteiger partial charge on any atom is 0.416 e. The Hall–Kier alpha value is -1.47. The molecule has 1 atom stereocenters. The van der Waals surface area contributed by atoms with Gasteiger partial charge in [0.2, 0.25) is 0 Å². The van der Waals surface area contributed by atoms with Crippen molar-refractivity contribution in [3.63, 3.8) is 0 Å². The number of carbonyl (C=O) groups is 1. The Morgan fingerprint density at radius 3 is 2.48 bits per heavy atom. The van der Waals surface area contributed by atoms with Gasteiger partial charge in [0.25, 0.3) is 0 Å². The van der Waals surface area contributed by atoms with Crippen LogP contribution in [0.25, 0.3) is 0 Å². The highest BCUT2D eigenvalue weighted by molar-refractivity contribution is 7.80. The largest absolute Gasteiger partial charge is 0.485 e. The predicted molar refractivity (Wildman–Crippen MR) is 112 cm³/mol. The lowest BCUT2D eigenvalue weighted by molar-refractivity contribution is -0.137. The fraction of sp³-hybridized carbons (Fsp3) is 0.636. The van der Waals surface area contributed by atoms with Crippen LogP contribution in [-0.4, -0.2) is 41.5 Å². The number of aryl methyl sites for hydroxylation is 1. The van der Waals surface area contributed by atoms with Crippen molar-refractivity contribution in [2.45, 2.75) is 65.1 Å². The number of ether oxygens (including phenoxy) is 1. The molecule has 1 heterocycles. The van der Waals surface area contributed by atoms with Crippen LogP contribution < -0.4 is 0 Å². The normalized spacial score (nSPS) is 18.1. The van der Waals surface area contributed by atoms with Crippen LogP contribution in [0.4, 0.5) is 13.2 Å². The van der Waals surface area contributed by atoms with Crippen LogP contribution >= 0.6 is 12.2 Å². The molecule has 0 radical (unpaired) electrons. The minimum Gasteiger partial charge on any atom is -0.485 e. The number of thiocarbonyl (C=S) groups is 1. The lowest BCUT2D eigenvalue weighted by Crippen LogP contribution is -2.43. The topological polar surface area (TPSA) is 29.5 Å². The summed E-state index contributed by atoms with van der Waals surface area (Å²) >= 11 is 5.45. The Labute approximate surface area is 176 Å². The smallest absolute Gasteiger partial charge is 0.416 e. The molecule has 1 aliphatic rings. The van der Waals surface area contributed by atoms with E-state index >= 15 is 0 Å². The summed E-state index contributed by atoms with van der Waals surface area (Å²) in [6, 6.07) is 5.19. The molecule has 2 rings (SSSR count). The van der Waals surface area contributed by atoms with Gasteiger partial charge in [-0.1, -0.05) is 32.9 Å². The lowest BCUT2D eigenvalue weighted by Gasteiger charge is -2.28. The van der Waals surface area contributed by atoms with Crippen molar-refractivity contribution in [3.8, 4) is 0 Å². The van der Waals surface area contributed by atoms with Crippen LogP contribution in [-0.2, 0) is 22.1 Å². The number of benzene rings is 1. The zero-order valence-electron chi connectivity index (χ0n) is 17.3. The molecule has 7 heteroatoms. The molecule has 0 bridgehead atoms. The maximum atomic E-state index is 12.6. The van der Waals surface area contributed by atoms with Crippen LogP contribution in [0.5, 0.6) is 0 Å². The molecule has 0 saturated carbocycles. The second-order valence-electron chi connectivity index (χ2n) is 8.25. The number of likely N-dealkylation sites (tertiary alicyclic amines) is 1. The predicted octanol–water partition coefficient (Wildman–Crippen LogP) is 5.45. The molecule has 1 saturated heterocycles. The molecule has 3 nitrogen and oxygen atoms in total. The summed E-state index contributed by atoms with van der Waals surface area (Å²) in [6.45, 7) is 7.60. The number of Topliss-reactive ketones (excluding diaryl/α,β-unsaturated/α-hetero) is 1. The van der Waals surface area contributed by atoms with E-state index in [9.17, 15) is 18.0 Å². The summed E-state index contributed by atoms with van der Waals surface area (Å²) in [5.41, 5.74) is -0.139. The Kier molecular flexibility index (Phi) is 8.23. The first-order valence-corrected chi connectivity index (χ1v) is 10.6. The number of carbonyl (C=O) groups excluding carboxylic acids is 1. The van der Waals surface area contributed by atoms with Gasteiger partial charge in [0.1, 0.15) is 0 Å². The van der Waals surface area contributed by atoms with Gasteiger partial charge >= 0.3 is 6.18 Å². The second-order valence-corrected chi connectivity index (χ2v) is 8.66. The van der Waals surface area contributed by atoms with Gasteiger partial charge in [0.05, 0.1) is 24.8 Å². The van der Waals surface area contributed by atoms with Crippen molar-refractivity contribution < 1.29 is 22.7 Å². The molecule has 0 amide bonds. The minimum atomic E-state index is -4.31. The summed E-state index contributed by atoms with van der Waals surface area (Å²) in [6.07, 6.45) is -0.348. The molecule has 0 aromatic heterocycles. The molecule has 1 fully saturated rings. The number of ketones is 1. The van der Waals surface area contributed by atoms with E-state index in [1.54, 1.807) is 0 Å².